The number of hydrogen-bond donors (Lipinski definition) is 0. The van der Waals surface area contributed by atoms with E-state index in [1.54, 1.807) is 0 Å². The van der Waals surface area contributed by atoms with Gasteiger partial charge in [-0.15, -0.1) is 0 Å². The van der Waals surface area contributed by atoms with Crippen molar-refractivity contribution < 1.29 is 14.0 Å². The SMILES string of the molecule is C=C(CC)OC[N+]1(C)CC2c3ccccc3Oc3ccc(Cl)cc3C2C1. The van der Waals surface area contributed by atoms with E-state index in [1.807, 2.05) is 18.2 Å². The summed E-state index contributed by atoms with van der Waals surface area (Å²) in [4.78, 5) is 0. The molecule has 2 aromatic carbocycles. The van der Waals surface area contributed by atoms with Crippen LogP contribution >= 0.6 is 11.6 Å². The molecular formula is C22H25ClNO2+. The first kappa shape index (κ1) is 17.4. The van der Waals surface area contributed by atoms with E-state index in [0.717, 1.165) is 46.3 Å². The Balaban J connectivity index is 1.74. The predicted octanol–water partition coefficient (Wildman–Crippen LogP) is 5.67. The van der Waals surface area contributed by atoms with Gasteiger partial charge in [-0.2, -0.15) is 0 Å². The molecule has 0 amide bonds. The van der Waals surface area contributed by atoms with E-state index in [9.17, 15) is 0 Å². The fraction of sp³-hybridized carbons (Fsp3) is 0.364. The molecule has 26 heavy (non-hydrogen) atoms. The average Bonchev–Trinajstić information content (AvgIpc) is 2.94. The number of para-hydroxylation sites is 1. The van der Waals surface area contributed by atoms with Crippen LogP contribution in [0.15, 0.2) is 54.8 Å². The number of rotatable bonds is 4. The number of fused-ring (bicyclic) bond motifs is 5. The second-order valence-corrected chi connectivity index (χ2v) is 8.12. The summed E-state index contributed by atoms with van der Waals surface area (Å²) in [6.45, 7) is 8.71. The lowest BCUT2D eigenvalue weighted by Gasteiger charge is -2.30. The zero-order chi connectivity index (χ0) is 18.3. The van der Waals surface area contributed by atoms with Crippen LogP contribution in [0.2, 0.25) is 5.02 Å². The first-order valence-electron chi connectivity index (χ1n) is 9.19. The van der Waals surface area contributed by atoms with Crippen molar-refractivity contribution in [3.63, 3.8) is 0 Å². The standard InChI is InChI=1S/C22H25ClNO2/c1-4-15(2)25-14-24(3)12-19-17-7-5-6-8-21(17)26-22-10-9-16(23)11-18(22)20(19)13-24/h5-11,19-20H,2,4,12-14H2,1,3H3/q+1. The van der Waals surface area contributed by atoms with E-state index in [1.165, 1.54) is 11.1 Å². The summed E-state index contributed by atoms with van der Waals surface area (Å²) in [5.74, 6) is 3.46. The molecule has 136 valence electrons. The van der Waals surface area contributed by atoms with Crippen LogP contribution in [0, 0.1) is 0 Å². The molecule has 4 rings (SSSR count). The highest BCUT2D eigenvalue weighted by Gasteiger charge is 2.47. The third-order valence-corrected chi connectivity index (χ3v) is 5.88. The highest BCUT2D eigenvalue weighted by atomic mass is 35.5. The second-order valence-electron chi connectivity index (χ2n) is 7.69. The number of likely N-dealkylation sites (N-methyl/N-ethyl adjacent to an activating group) is 1. The molecule has 2 aliphatic rings. The van der Waals surface area contributed by atoms with Gasteiger partial charge in [-0.25, -0.2) is 0 Å². The largest absolute Gasteiger partial charge is 0.457 e. The van der Waals surface area contributed by atoms with E-state index in [4.69, 9.17) is 21.1 Å². The molecule has 0 aliphatic carbocycles. The zero-order valence-electron chi connectivity index (χ0n) is 15.4. The van der Waals surface area contributed by atoms with Gasteiger partial charge in [0.05, 0.1) is 25.9 Å². The number of nitrogens with zero attached hydrogens (tertiary/aromatic N) is 1. The summed E-state index contributed by atoms with van der Waals surface area (Å²) >= 11 is 6.33. The highest BCUT2D eigenvalue weighted by Crippen LogP contribution is 2.51. The summed E-state index contributed by atoms with van der Waals surface area (Å²) in [6.07, 6.45) is 0.849. The molecule has 2 aliphatic heterocycles. The summed E-state index contributed by atoms with van der Waals surface area (Å²) in [5.41, 5.74) is 2.48. The van der Waals surface area contributed by atoms with Gasteiger partial charge in [0.15, 0.2) is 0 Å². The molecule has 2 aromatic rings. The summed E-state index contributed by atoms with van der Waals surface area (Å²) < 4.78 is 13.1. The molecule has 0 N–H and O–H groups in total. The molecule has 0 radical (unpaired) electrons. The number of halogens is 1. The first-order chi connectivity index (χ1) is 12.5. The Morgan fingerprint density at radius 3 is 2.62 bits per heavy atom. The van der Waals surface area contributed by atoms with Crippen molar-refractivity contribution >= 4 is 11.6 Å². The minimum atomic E-state index is 0.357. The molecule has 0 aromatic heterocycles. The van der Waals surface area contributed by atoms with Crippen LogP contribution in [0.3, 0.4) is 0 Å². The third-order valence-electron chi connectivity index (χ3n) is 5.65. The van der Waals surface area contributed by atoms with Gasteiger partial charge in [0.2, 0.25) is 6.73 Å². The first-order valence-corrected chi connectivity index (χ1v) is 9.57. The lowest BCUT2D eigenvalue weighted by molar-refractivity contribution is -0.916. The second kappa shape index (κ2) is 6.64. The summed E-state index contributed by atoms with van der Waals surface area (Å²) in [6, 6.07) is 14.4. The number of quaternary nitrogens is 1. The Bertz CT molecular complexity index is 850. The maximum Gasteiger partial charge on any atom is 0.223 e. The quantitative estimate of drug-likeness (QED) is 0.509. The normalized spacial score (nSPS) is 26.1. The fourth-order valence-corrected chi connectivity index (χ4v) is 4.44. The van der Waals surface area contributed by atoms with E-state index in [-0.39, 0.29) is 0 Å². The van der Waals surface area contributed by atoms with Crippen LogP contribution in [0.4, 0.5) is 0 Å². The van der Waals surface area contributed by atoms with Crippen LogP contribution in [0.5, 0.6) is 11.5 Å². The Hall–Kier alpha value is -1.97. The van der Waals surface area contributed by atoms with Crippen LogP contribution in [-0.2, 0) is 4.74 Å². The van der Waals surface area contributed by atoms with E-state index in [2.05, 4.69) is 44.8 Å². The predicted molar refractivity (Wildman–Crippen MR) is 105 cm³/mol. The van der Waals surface area contributed by atoms with Crippen molar-refractivity contribution in [1.82, 2.24) is 0 Å². The molecule has 0 saturated carbocycles. The Morgan fingerprint density at radius 1 is 1.15 bits per heavy atom. The van der Waals surface area contributed by atoms with Gasteiger partial charge in [0, 0.05) is 34.4 Å². The molecule has 0 spiro atoms. The van der Waals surface area contributed by atoms with Crippen molar-refractivity contribution in [1.29, 1.82) is 0 Å². The topological polar surface area (TPSA) is 18.5 Å². The monoisotopic (exact) mass is 370 g/mol. The Morgan fingerprint density at radius 2 is 1.85 bits per heavy atom. The van der Waals surface area contributed by atoms with Crippen molar-refractivity contribution in [2.24, 2.45) is 0 Å². The zero-order valence-corrected chi connectivity index (χ0v) is 16.1. The number of hydrogen-bond acceptors (Lipinski definition) is 2. The van der Waals surface area contributed by atoms with E-state index < -0.39 is 0 Å². The van der Waals surface area contributed by atoms with Crippen LogP contribution in [-0.4, -0.2) is 31.4 Å². The molecule has 4 heteroatoms. The van der Waals surface area contributed by atoms with Gasteiger partial charge in [0.25, 0.3) is 0 Å². The van der Waals surface area contributed by atoms with E-state index >= 15 is 0 Å². The molecule has 3 unspecified atom stereocenters. The number of benzene rings is 2. The molecular weight excluding hydrogens is 346 g/mol. The lowest BCUT2D eigenvalue weighted by atomic mass is 9.84. The van der Waals surface area contributed by atoms with Crippen molar-refractivity contribution in [3.05, 3.63) is 71.0 Å². The van der Waals surface area contributed by atoms with Gasteiger partial charge in [-0.1, -0.05) is 43.3 Å². The fourth-order valence-electron chi connectivity index (χ4n) is 4.26. The van der Waals surface area contributed by atoms with Crippen LogP contribution in [0.25, 0.3) is 0 Å². The highest BCUT2D eigenvalue weighted by molar-refractivity contribution is 6.30. The molecule has 3 nitrogen and oxygen atoms in total. The molecule has 2 heterocycles. The average molecular weight is 371 g/mol. The van der Waals surface area contributed by atoms with Gasteiger partial charge < -0.3 is 9.47 Å². The summed E-state index contributed by atoms with van der Waals surface area (Å²) in [7, 11) is 2.27. The van der Waals surface area contributed by atoms with Gasteiger partial charge in [0.1, 0.15) is 11.5 Å². The Kier molecular flexibility index (Phi) is 4.45. The van der Waals surface area contributed by atoms with Gasteiger partial charge in [-0.3, -0.25) is 4.48 Å². The van der Waals surface area contributed by atoms with Gasteiger partial charge >= 0.3 is 0 Å². The van der Waals surface area contributed by atoms with Crippen LogP contribution < -0.4 is 4.74 Å². The third kappa shape index (κ3) is 3.10. The molecule has 0 bridgehead atoms. The number of likely N-dealkylation sites (tertiary alicyclic amines) is 1. The Labute approximate surface area is 160 Å². The minimum absolute atomic E-state index is 0.357. The maximum atomic E-state index is 6.33. The number of allylic oxidation sites excluding steroid dienone is 1. The molecule has 1 fully saturated rings. The van der Waals surface area contributed by atoms with Crippen molar-refractivity contribution in [3.8, 4) is 11.5 Å². The van der Waals surface area contributed by atoms with Crippen LogP contribution in [0.1, 0.15) is 36.3 Å². The minimum Gasteiger partial charge on any atom is -0.457 e. The smallest absolute Gasteiger partial charge is 0.223 e. The van der Waals surface area contributed by atoms with Crippen molar-refractivity contribution in [2.45, 2.75) is 25.2 Å². The van der Waals surface area contributed by atoms with Gasteiger partial charge in [-0.05, 0) is 24.3 Å². The van der Waals surface area contributed by atoms with E-state index in [0.29, 0.717) is 18.6 Å². The molecule has 3 atom stereocenters. The lowest BCUT2D eigenvalue weighted by Crippen LogP contribution is -2.43. The van der Waals surface area contributed by atoms with Crippen molar-refractivity contribution in [2.75, 3.05) is 26.9 Å². The molecule has 1 saturated heterocycles. The summed E-state index contributed by atoms with van der Waals surface area (Å²) in [5, 5.41) is 0.758. The maximum absolute atomic E-state index is 6.33. The number of ether oxygens (including phenoxy) is 2.